The maximum absolute atomic E-state index is 10.8. The van der Waals surface area contributed by atoms with Crippen LogP contribution < -0.4 is 9.64 Å². The first kappa shape index (κ1) is 11.4. The number of aliphatic carboxylic acids is 1. The second-order valence-corrected chi connectivity index (χ2v) is 3.33. The maximum Gasteiger partial charge on any atom is 0.326 e. The fourth-order valence-electron chi connectivity index (χ4n) is 1.22. The van der Waals surface area contributed by atoms with Crippen molar-refractivity contribution in [3.8, 4) is 5.75 Å². The van der Waals surface area contributed by atoms with E-state index in [1.807, 2.05) is 18.2 Å². The van der Waals surface area contributed by atoms with Crippen molar-refractivity contribution in [2.24, 2.45) is 0 Å². The van der Waals surface area contributed by atoms with Gasteiger partial charge in [-0.2, -0.15) is 0 Å². The molecule has 0 aromatic heterocycles. The first-order valence-corrected chi connectivity index (χ1v) is 4.66. The molecule has 0 aliphatic rings. The molecule has 0 radical (unpaired) electrons. The lowest BCUT2D eigenvalue weighted by Crippen LogP contribution is -2.35. The van der Waals surface area contributed by atoms with Crippen molar-refractivity contribution < 1.29 is 14.6 Å². The molecule has 82 valence electrons. The summed E-state index contributed by atoms with van der Waals surface area (Å²) in [6.45, 7) is 1.64. The Bertz CT molecular complexity index is 351. The van der Waals surface area contributed by atoms with E-state index < -0.39 is 12.0 Å². The molecule has 0 fully saturated rings. The molecule has 0 amide bonds. The minimum absolute atomic E-state index is 0.558. The van der Waals surface area contributed by atoms with Crippen LogP contribution in [0.15, 0.2) is 24.3 Å². The highest BCUT2D eigenvalue weighted by Crippen LogP contribution is 2.21. The molecule has 1 rings (SSSR count). The average Bonchev–Trinajstić information content (AvgIpc) is 2.27. The Balaban J connectivity index is 2.90. The maximum atomic E-state index is 10.8. The molecule has 0 spiro atoms. The zero-order valence-corrected chi connectivity index (χ0v) is 9.10. The quantitative estimate of drug-likeness (QED) is 0.818. The molecular weight excluding hydrogens is 194 g/mol. The van der Waals surface area contributed by atoms with Crippen LogP contribution in [-0.4, -0.2) is 31.3 Å². The van der Waals surface area contributed by atoms with Crippen LogP contribution >= 0.6 is 0 Å². The van der Waals surface area contributed by atoms with Gasteiger partial charge in [-0.1, -0.05) is 6.07 Å². The van der Waals surface area contributed by atoms with E-state index in [1.165, 1.54) is 0 Å². The van der Waals surface area contributed by atoms with Gasteiger partial charge in [-0.3, -0.25) is 0 Å². The third-order valence-electron chi connectivity index (χ3n) is 2.40. The Labute approximate surface area is 89.1 Å². The number of hydrogen-bond acceptors (Lipinski definition) is 3. The van der Waals surface area contributed by atoms with E-state index in [0.717, 1.165) is 11.4 Å². The van der Waals surface area contributed by atoms with Gasteiger partial charge in [0.2, 0.25) is 0 Å². The van der Waals surface area contributed by atoms with Gasteiger partial charge in [-0.15, -0.1) is 0 Å². The number of carboxylic acid groups (broad SMARTS) is 1. The number of benzene rings is 1. The predicted octanol–water partition coefficient (Wildman–Crippen LogP) is 1.60. The van der Waals surface area contributed by atoms with Crippen LogP contribution in [0.5, 0.6) is 5.75 Å². The molecule has 15 heavy (non-hydrogen) atoms. The van der Waals surface area contributed by atoms with Crippen LogP contribution in [0, 0.1) is 0 Å². The topological polar surface area (TPSA) is 49.8 Å². The molecule has 1 aromatic carbocycles. The molecule has 1 unspecified atom stereocenters. The largest absolute Gasteiger partial charge is 0.497 e. The van der Waals surface area contributed by atoms with Crippen LogP contribution in [0.2, 0.25) is 0 Å². The summed E-state index contributed by atoms with van der Waals surface area (Å²) in [6.07, 6.45) is 0. The van der Waals surface area contributed by atoms with Crippen molar-refractivity contribution in [1.82, 2.24) is 0 Å². The lowest BCUT2D eigenvalue weighted by Gasteiger charge is -2.23. The van der Waals surface area contributed by atoms with Crippen molar-refractivity contribution in [3.05, 3.63) is 24.3 Å². The summed E-state index contributed by atoms with van der Waals surface area (Å²) >= 11 is 0. The van der Waals surface area contributed by atoms with E-state index in [9.17, 15) is 4.79 Å². The molecule has 1 aromatic rings. The number of carboxylic acids is 1. The van der Waals surface area contributed by atoms with Crippen LogP contribution in [0.25, 0.3) is 0 Å². The van der Waals surface area contributed by atoms with Crippen molar-refractivity contribution in [3.63, 3.8) is 0 Å². The van der Waals surface area contributed by atoms with Crippen molar-refractivity contribution in [1.29, 1.82) is 0 Å². The molecule has 0 aliphatic carbocycles. The Hall–Kier alpha value is -1.71. The van der Waals surface area contributed by atoms with E-state index in [4.69, 9.17) is 9.84 Å². The highest BCUT2D eigenvalue weighted by molar-refractivity contribution is 5.77. The van der Waals surface area contributed by atoms with E-state index in [1.54, 1.807) is 32.0 Å². The van der Waals surface area contributed by atoms with Gasteiger partial charge >= 0.3 is 5.97 Å². The molecule has 1 N–H and O–H groups in total. The number of methoxy groups -OCH3 is 1. The Morgan fingerprint density at radius 2 is 2.20 bits per heavy atom. The Morgan fingerprint density at radius 3 is 2.73 bits per heavy atom. The molecule has 0 heterocycles. The monoisotopic (exact) mass is 209 g/mol. The second kappa shape index (κ2) is 4.68. The Kier molecular flexibility index (Phi) is 3.55. The first-order chi connectivity index (χ1) is 7.06. The van der Waals surface area contributed by atoms with E-state index >= 15 is 0 Å². The standard InChI is InChI=1S/C11H15NO3/c1-8(11(13)14)12(2)9-5-4-6-10(7-9)15-3/h4-8H,1-3H3,(H,13,14). The zero-order chi connectivity index (χ0) is 11.4. The molecule has 1 atom stereocenters. The van der Waals surface area contributed by atoms with Gasteiger partial charge in [0.25, 0.3) is 0 Å². The summed E-state index contributed by atoms with van der Waals surface area (Å²) in [4.78, 5) is 12.5. The fourth-order valence-corrected chi connectivity index (χ4v) is 1.22. The van der Waals surface area contributed by atoms with Gasteiger partial charge in [0.05, 0.1) is 7.11 Å². The number of hydrogen-bond donors (Lipinski definition) is 1. The molecule has 4 heteroatoms. The Morgan fingerprint density at radius 1 is 1.53 bits per heavy atom. The average molecular weight is 209 g/mol. The van der Waals surface area contributed by atoms with Gasteiger partial charge in [0.15, 0.2) is 0 Å². The number of anilines is 1. The lowest BCUT2D eigenvalue weighted by molar-refractivity contribution is -0.138. The first-order valence-electron chi connectivity index (χ1n) is 4.66. The minimum atomic E-state index is -0.847. The number of carbonyl (C=O) groups is 1. The third kappa shape index (κ3) is 2.62. The van der Waals surface area contributed by atoms with Gasteiger partial charge in [0.1, 0.15) is 11.8 Å². The molecule has 0 bridgehead atoms. The lowest BCUT2D eigenvalue weighted by atomic mass is 10.2. The number of nitrogens with zero attached hydrogens (tertiary/aromatic N) is 1. The highest BCUT2D eigenvalue weighted by atomic mass is 16.5. The van der Waals surface area contributed by atoms with Crippen molar-refractivity contribution in [2.45, 2.75) is 13.0 Å². The van der Waals surface area contributed by atoms with E-state index in [0.29, 0.717) is 0 Å². The summed E-state index contributed by atoms with van der Waals surface area (Å²) in [7, 11) is 3.33. The zero-order valence-electron chi connectivity index (χ0n) is 9.10. The number of likely N-dealkylation sites (N-methyl/N-ethyl adjacent to an activating group) is 1. The van der Waals surface area contributed by atoms with Gasteiger partial charge in [-0.05, 0) is 19.1 Å². The van der Waals surface area contributed by atoms with Crippen LogP contribution in [0.3, 0.4) is 0 Å². The smallest absolute Gasteiger partial charge is 0.326 e. The van der Waals surface area contributed by atoms with Gasteiger partial charge in [-0.25, -0.2) is 4.79 Å². The van der Waals surface area contributed by atoms with Crippen molar-refractivity contribution >= 4 is 11.7 Å². The third-order valence-corrected chi connectivity index (χ3v) is 2.40. The van der Waals surface area contributed by atoms with Crippen LogP contribution in [0.1, 0.15) is 6.92 Å². The minimum Gasteiger partial charge on any atom is -0.497 e. The summed E-state index contributed by atoms with van der Waals surface area (Å²) in [5, 5.41) is 8.87. The predicted molar refractivity (Wildman–Crippen MR) is 58.5 cm³/mol. The van der Waals surface area contributed by atoms with Crippen LogP contribution in [-0.2, 0) is 4.79 Å². The SMILES string of the molecule is COc1cccc(N(C)C(C)C(=O)O)c1. The second-order valence-electron chi connectivity index (χ2n) is 3.33. The fraction of sp³-hybridized carbons (Fsp3) is 0.364. The molecule has 4 nitrogen and oxygen atoms in total. The van der Waals surface area contributed by atoms with Gasteiger partial charge < -0.3 is 14.7 Å². The molecule has 0 saturated carbocycles. The van der Waals surface area contributed by atoms with Gasteiger partial charge in [0, 0.05) is 18.8 Å². The highest BCUT2D eigenvalue weighted by Gasteiger charge is 2.17. The molecule has 0 saturated heterocycles. The summed E-state index contributed by atoms with van der Waals surface area (Å²) < 4.78 is 5.07. The van der Waals surface area contributed by atoms with E-state index in [2.05, 4.69) is 0 Å². The van der Waals surface area contributed by atoms with E-state index in [-0.39, 0.29) is 0 Å². The summed E-state index contributed by atoms with van der Waals surface area (Å²) in [6, 6.07) is 6.75. The summed E-state index contributed by atoms with van der Waals surface area (Å²) in [5.41, 5.74) is 0.823. The summed E-state index contributed by atoms with van der Waals surface area (Å²) in [5.74, 6) is -0.128. The normalized spacial score (nSPS) is 11.9. The number of rotatable bonds is 4. The van der Waals surface area contributed by atoms with Crippen molar-refractivity contribution in [2.75, 3.05) is 19.1 Å². The van der Waals surface area contributed by atoms with Crippen LogP contribution in [0.4, 0.5) is 5.69 Å². The number of ether oxygens (including phenoxy) is 1. The molecular formula is C11H15NO3. The molecule has 0 aliphatic heterocycles.